The third kappa shape index (κ3) is 3.32. The van der Waals surface area contributed by atoms with Crippen LogP contribution in [0.5, 0.6) is 0 Å². The van der Waals surface area contributed by atoms with Crippen LogP contribution >= 0.6 is 11.3 Å². The zero-order chi connectivity index (χ0) is 17.2. The molecule has 1 aliphatic heterocycles. The minimum absolute atomic E-state index is 0.0232. The number of aromatic nitrogens is 2. The van der Waals surface area contributed by atoms with E-state index in [4.69, 9.17) is 4.98 Å². The number of piperidine rings is 1. The van der Waals surface area contributed by atoms with Crippen LogP contribution in [0.1, 0.15) is 28.8 Å². The molecule has 1 aromatic carbocycles. The Bertz CT molecular complexity index is 878. The van der Waals surface area contributed by atoms with Crippen molar-refractivity contribution in [3.05, 3.63) is 40.8 Å². The molecule has 5 nitrogen and oxygen atoms in total. The van der Waals surface area contributed by atoms with Crippen molar-refractivity contribution in [3.8, 4) is 10.7 Å². The van der Waals surface area contributed by atoms with Crippen molar-refractivity contribution in [2.24, 2.45) is 5.92 Å². The van der Waals surface area contributed by atoms with Crippen LogP contribution < -0.4 is 10.6 Å². The Kier molecular flexibility index (Phi) is 4.55. The standard InChI is InChI=1S/C19H22N4OS/c1-12-4-5-14(19(24)21-11-13-6-8-20-9-7-13)17-16(12)22-18(23-17)15-3-2-10-25-15/h2-5,10,13,20H,6-9,11H2,1H3,(H,21,24)(H,22,23). The van der Waals surface area contributed by atoms with Crippen LogP contribution in [0, 0.1) is 12.8 Å². The van der Waals surface area contributed by atoms with Gasteiger partial charge in [-0.15, -0.1) is 11.3 Å². The summed E-state index contributed by atoms with van der Waals surface area (Å²) in [5.74, 6) is 1.37. The first-order valence-corrected chi connectivity index (χ1v) is 9.62. The molecule has 0 unspecified atom stereocenters. The molecule has 3 heterocycles. The number of rotatable bonds is 4. The Balaban J connectivity index is 1.60. The number of nitrogens with one attached hydrogen (secondary N) is 3. The van der Waals surface area contributed by atoms with E-state index < -0.39 is 0 Å². The number of hydrogen-bond acceptors (Lipinski definition) is 4. The highest BCUT2D eigenvalue weighted by molar-refractivity contribution is 7.13. The summed E-state index contributed by atoms with van der Waals surface area (Å²) in [5, 5.41) is 8.50. The fourth-order valence-corrected chi connectivity index (χ4v) is 4.03. The van der Waals surface area contributed by atoms with Crippen LogP contribution in [-0.2, 0) is 0 Å². The number of carbonyl (C=O) groups excluding carboxylic acids is 1. The summed E-state index contributed by atoms with van der Waals surface area (Å²) in [7, 11) is 0. The van der Waals surface area contributed by atoms with Gasteiger partial charge in [0, 0.05) is 6.54 Å². The van der Waals surface area contributed by atoms with Crippen LogP contribution in [0.3, 0.4) is 0 Å². The number of aromatic amines is 1. The molecule has 130 valence electrons. The molecule has 6 heteroatoms. The molecule has 0 radical (unpaired) electrons. The lowest BCUT2D eigenvalue weighted by Gasteiger charge is -2.22. The van der Waals surface area contributed by atoms with Crippen molar-refractivity contribution in [1.29, 1.82) is 0 Å². The molecule has 1 amide bonds. The van der Waals surface area contributed by atoms with Gasteiger partial charge in [0.1, 0.15) is 5.82 Å². The predicted molar refractivity (Wildman–Crippen MR) is 102 cm³/mol. The third-order valence-corrected chi connectivity index (χ3v) is 5.73. The topological polar surface area (TPSA) is 69.8 Å². The Labute approximate surface area is 150 Å². The van der Waals surface area contributed by atoms with E-state index in [9.17, 15) is 4.79 Å². The summed E-state index contributed by atoms with van der Waals surface area (Å²) in [6.07, 6.45) is 2.24. The van der Waals surface area contributed by atoms with Gasteiger partial charge in [-0.05, 0) is 61.8 Å². The number of hydrogen-bond donors (Lipinski definition) is 3. The largest absolute Gasteiger partial charge is 0.352 e. The summed E-state index contributed by atoms with van der Waals surface area (Å²) in [6, 6.07) is 7.91. The average Bonchev–Trinajstić information content (AvgIpc) is 3.30. The molecule has 1 aliphatic rings. The molecule has 0 saturated carbocycles. The summed E-state index contributed by atoms with van der Waals surface area (Å²) in [5.41, 5.74) is 3.44. The number of imidazole rings is 1. The summed E-state index contributed by atoms with van der Waals surface area (Å²) in [6.45, 7) is 4.85. The van der Waals surface area contributed by atoms with Gasteiger partial charge < -0.3 is 15.6 Å². The molecule has 0 atom stereocenters. The molecule has 0 spiro atoms. The Morgan fingerprint density at radius 3 is 2.92 bits per heavy atom. The van der Waals surface area contributed by atoms with E-state index in [0.717, 1.165) is 59.8 Å². The Morgan fingerprint density at radius 2 is 2.16 bits per heavy atom. The SMILES string of the molecule is Cc1ccc(C(=O)NCC2CCNCC2)c2[nH]c(-c3cccs3)nc12. The van der Waals surface area contributed by atoms with Crippen molar-refractivity contribution in [2.45, 2.75) is 19.8 Å². The maximum Gasteiger partial charge on any atom is 0.253 e. The molecule has 0 bridgehead atoms. The van der Waals surface area contributed by atoms with Gasteiger partial charge in [-0.2, -0.15) is 0 Å². The number of carbonyl (C=O) groups is 1. The highest BCUT2D eigenvalue weighted by atomic mass is 32.1. The molecule has 0 aliphatic carbocycles. The van der Waals surface area contributed by atoms with Crippen LogP contribution in [-0.4, -0.2) is 35.5 Å². The first-order chi connectivity index (χ1) is 12.2. The van der Waals surface area contributed by atoms with Gasteiger partial charge in [-0.1, -0.05) is 12.1 Å². The fourth-order valence-electron chi connectivity index (χ4n) is 3.36. The molecule has 1 fully saturated rings. The lowest BCUT2D eigenvalue weighted by atomic mass is 9.98. The Morgan fingerprint density at radius 1 is 1.32 bits per heavy atom. The van der Waals surface area contributed by atoms with Gasteiger partial charge in [-0.25, -0.2) is 4.98 Å². The van der Waals surface area contributed by atoms with E-state index in [2.05, 4.69) is 15.6 Å². The number of benzene rings is 1. The molecule has 2 aromatic heterocycles. The van der Waals surface area contributed by atoms with Crippen LogP contribution in [0.15, 0.2) is 29.6 Å². The number of H-pyrrole nitrogens is 1. The molecule has 3 aromatic rings. The number of thiophene rings is 1. The third-order valence-electron chi connectivity index (χ3n) is 4.86. The van der Waals surface area contributed by atoms with Crippen LogP contribution in [0.2, 0.25) is 0 Å². The number of fused-ring (bicyclic) bond motifs is 1. The van der Waals surface area contributed by atoms with Crippen molar-refractivity contribution in [1.82, 2.24) is 20.6 Å². The molecule has 25 heavy (non-hydrogen) atoms. The lowest BCUT2D eigenvalue weighted by molar-refractivity contribution is 0.0945. The second-order valence-electron chi connectivity index (χ2n) is 6.62. The van der Waals surface area contributed by atoms with Gasteiger partial charge in [-0.3, -0.25) is 4.79 Å². The van der Waals surface area contributed by atoms with Crippen LogP contribution in [0.25, 0.3) is 21.7 Å². The van der Waals surface area contributed by atoms with Crippen molar-refractivity contribution in [3.63, 3.8) is 0 Å². The minimum atomic E-state index is -0.0232. The number of amides is 1. The second kappa shape index (κ2) is 6.98. The van der Waals surface area contributed by atoms with Crippen molar-refractivity contribution < 1.29 is 4.79 Å². The Hall–Kier alpha value is -2.18. The monoisotopic (exact) mass is 354 g/mol. The summed E-state index contributed by atoms with van der Waals surface area (Å²) < 4.78 is 0. The van der Waals surface area contributed by atoms with Crippen molar-refractivity contribution >= 4 is 28.3 Å². The molecular formula is C19H22N4OS. The van der Waals surface area contributed by atoms with Crippen LogP contribution in [0.4, 0.5) is 0 Å². The first kappa shape index (κ1) is 16.3. The van der Waals surface area contributed by atoms with Gasteiger partial charge in [0.05, 0.1) is 21.5 Å². The van der Waals surface area contributed by atoms with Gasteiger partial charge in [0.25, 0.3) is 5.91 Å². The zero-order valence-corrected chi connectivity index (χ0v) is 15.1. The summed E-state index contributed by atoms with van der Waals surface area (Å²) in [4.78, 5) is 21.9. The maximum absolute atomic E-state index is 12.7. The zero-order valence-electron chi connectivity index (χ0n) is 14.3. The van der Waals surface area contributed by atoms with Gasteiger partial charge in [0.2, 0.25) is 0 Å². The number of nitrogens with zero attached hydrogens (tertiary/aromatic N) is 1. The first-order valence-electron chi connectivity index (χ1n) is 8.74. The van der Waals surface area contributed by atoms with E-state index in [1.165, 1.54) is 0 Å². The average molecular weight is 354 g/mol. The van der Waals surface area contributed by atoms with Gasteiger partial charge >= 0.3 is 0 Å². The second-order valence-corrected chi connectivity index (χ2v) is 7.57. The highest BCUT2D eigenvalue weighted by Gasteiger charge is 2.18. The molecular weight excluding hydrogens is 332 g/mol. The quantitative estimate of drug-likeness (QED) is 0.673. The smallest absolute Gasteiger partial charge is 0.253 e. The number of aryl methyl sites for hydroxylation is 1. The molecule has 3 N–H and O–H groups in total. The van der Waals surface area contributed by atoms with E-state index in [1.807, 2.05) is 36.6 Å². The predicted octanol–water partition coefficient (Wildman–Crippen LogP) is 3.33. The highest BCUT2D eigenvalue weighted by Crippen LogP contribution is 2.28. The van der Waals surface area contributed by atoms with Crippen molar-refractivity contribution in [2.75, 3.05) is 19.6 Å². The van der Waals surface area contributed by atoms with E-state index >= 15 is 0 Å². The van der Waals surface area contributed by atoms with Gasteiger partial charge in [0.15, 0.2) is 0 Å². The fraction of sp³-hybridized carbons (Fsp3) is 0.368. The van der Waals surface area contributed by atoms with E-state index in [1.54, 1.807) is 11.3 Å². The minimum Gasteiger partial charge on any atom is -0.352 e. The lowest BCUT2D eigenvalue weighted by Crippen LogP contribution is -2.36. The van der Waals surface area contributed by atoms with E-state index in [0.29, 0.717) is 11.5 Å². The van der Waals surface area contributed by atoms with E-state index in [-0.39, 0.29) is 5.91 Å². The summed E-state index contributed by atoms with van der Waals surface area (Å²) >= 11 is 1.64. The normalized spacial score (nSPS) is 15.6. The molecule has 1 saturated heterocycles. The molecule has 4 rings (SSSR count). The maximum atomic E-state index is 12.7.